The van der Waals surface area contributed by atoms with E-state index in [9.17, 15) is 9.90 Å². The summed E-state index contributed by atoms with van der Waals surface area (Å²) in [7, 11) is 0. The Morgan fingerprint density at radius 2 is 2.23 bits per heavy atom. The highest BCUT2D eigenvalue weighted by Gasteiger charge is 2.46. The fraction of sp³-hybridized carbons (Fsp3) is 0.588. The molecule has 1 aromatic rings. The summed E-state index contributed by atoms with van der Waals surface area (Å²) in [4.78, 5) is 14.0. The Balaban J connectivity index is 1.52. The Morgan fingerprint density at radius 1 is 1.45 bits per heavy atom. The lowest BCUT2D eigenvalue weighted by Crippen LogP contribution is -2.44. The Kier molecular flexibility index (Phi) is 4.36. The summed E-state index contributed by atoms with van der Waals surface area (Å²) in [6.45, 7) is 3.56. The van der Waals surface area contributed by atoms with Crippen molar-refractivity contribution in [3.63, 3.8) is 0 Å². The van der Waals surface area contributed by atoms with Crippen LogP contribution in [0.5, 0.6) is 0 Å². The van der Waals surface area contributed by atoms with Crippen LogP contribution in [0.25, 0.3) is 0 Å². The van der Waals surface area contributed by atoms with E-state index in [0.29, 0.717) is 19.7 Å². The molecule has 2 heterocycles. The van der Waals surface area contributed by atoms with Crippen molar-refractivity contribution in [1.82, 2.24) is 4.90 Å². The number of carbonyl (C=O) groups is 1. The topological polar surface area (TPSA) is 59.0 Å². The predicted molar refractivity (Wildman–Crippen MR) is 81.3 cm³/mol. The van der Waals surface area contributed by atoms with Gasteiger partial charge in [-0.2, -0.15) is 0 Å². The van der Waals surface area contributed by atoms with Gasteiger partial charge in [-0.25, -0.2) is 4.79 Å². The van der Waals surface area contributed by atoms with Gasteiger partial charge in [-0.15, -0.1) is 0 Å². The Labute approximate surface area is 130 Å². The van der Waals surface area contributed by atoms with Crippen molar-refractivity contribution >= 4 is 6.09 Å². The summed E-state index contributed by atoms with van der Waals surface area (Å²) in [5.41, 5.74) is 0.530. The van der Waals surface area contributed by atoms with Crippen LogP contribution in [0.4, 0.5) is 4.79 Å². The second-order valence-electron chi connectivity index (χ2n) is 6.50. The number of carbonyl (C=O) groups excluding carboxylic acids is 1. The molecule has 3 atom stereocenters. The van der Waals surface area contributed by atoms with Crippen LogP contribution in [0.1, 0.15) is 25.3 Å². The molecule has 5 nitrogen and oxygen atoms in total. The van der Waals surface area contributed by atoms with Crippen molar-refractivity contribution in [2.45, 2.75) is 38.1 Å². The zero-order valence-electron chi connectivity index (χ0n) is 12.9. The zero-order chi connectivity index (χ0) is 15.6. The van der Waals surface area contributed by atoms with E-state index in [0.717, 1.165) is 18.4 Å². The van der Waals surface area contributed by atoms with Crippen molar-refractivity contribution in [2.75, 3.05) is 19.7 Å². The Morgan fingerprint density at radius 3 is 2.95 bits per heavy atom. The third-order valence-electron chi connectivity index (χ3n) is 4.59. The lowest BCUT2D eigenvalue weighted by atomic mass is 9.89. The van der Waals surface area contributed by atoms with Gasteiger partial charge in [0.15, 0.2) is 0 Å². The average Bonchev–Trinajstić information content (AvgIpc) is 2.89. The van der Waals surface area contributed by atoms with Gasteiger partial charge in [0.1, 0.15) is 6.61 Å². The average molecular weight is 305 g/mol. The molecule has 5 heteroatoms. The maximum Gasteiger partial charge on any atom is 0.410 e. The first kappa shape index (κ1) is 15.3. The van der Waals surface area contributed by atoms with Gasteiger partial charge in [0.25, 0.3) is 0 Å². The molecule has 1 N–H and O–H groups in total. The highest BCUT2D eigenvalue weighted by atomic mass is 16.6. The highest BCUT2D eigenvalue weighted by molar-refractivity contribution is 5.67. The molecule has 2 aliphatic rings. The number of likely N-dealkylation sites (tertiary alicyclic amines) is 1. The van der Waals surface area contributed by atoms with Crippen LogP contribution < -0.4 is 0 Å². The SMILES string of the molecule is C[C@]1(CO)C[C@H]2CN(C(=O)OCc3ccccc3)CC[C@H]2O1. The second kappa shape index (κ2) is 6.26. The zero-order valence-corrected chi connectivity index (χ0v) is 12.9. The Bertz CT molecular complexity index is 521. The van der Waals surface area contributed by atoms with E-state index in [2.05, 4.69) is 0 Å². The van der Waals surface area contributed by atoms with E-state index in [1.807, 2.05) is 37.3 Å². The standard InChI is InChI=1S/C17H23NO4/c1-17(12-19)9-14-10-18(8-7-15(14)22-17)16(20)21-11-13-5-3-2-4-6-13/h2-6,14-15,19H,7-12H2,1H3/t14-,15+,17+/m0/s1. The van der Waals surface area contributed by atoms with Crippen LogP contribution in [0.15, 0.2) is 30.3 Å². The van der Waals surface area contributed by atoms with E-state index >= 15 is 0 Å². The molecule has 1 aromatic carbocycles. The van der Waals surface area contributed by atoms with Gasteiger partial charge >= 0.3 is 6.09 Å². The minimum Gasteiger partial charge on any atom is -0.445 e. The summed E-state index contributed by atoms with van der Waals surface area (Å²) >= 11 is 0. The maximum atomic E-state index is 12.2. The van der Waals surface area contributed by atoms with Gasteiger partial charge in [-0.3, -0.25) is 0 Å². The van der Waals surface area contributed by atoms with E-state index < -0.39 is 5.60 Å². The monoisotopic (exact) mass is 305 g/mol. The highest BCUT2D eigenvalue weighted by Crippen LogP contribution is 2.39. The predicted octanol–water partition coefficient (Wildman–Crippen LogP) is 2.19. The maximum absolute atomic E-state index is 12.2. The molecule has 2 aliphatic heterocycles. The summed E-state index contributed by atoms with van der Waals surface area (Å²) in [5.74, 6) is 0.287. The first-order valence-corrected chi connectivity index (χ1v) is 7.84. The van der Waals surface area contributed by atoms with Gasteiger partial charge in [-0.1, -0.05) is 30.3 Å². The number of aliphatic hydroxyl groups is 1. The molecule has 2 fully saturated rings. The van der Waals surface area contributed by atoms with Crippen LogP contribution in [0.2, 0.25) is 0 Å². The van der Waals surface area contributed by atoms with Gasteiger partial charge in [0.05, 0.1) is 18.3 Å². The quantitative estimate of drug-likeness (QED) is 0.930. The molecule has 2 saturated heterocycles. The minimum absolute atomic E-state index is 0.0262. The van der Waals surface area contributed by atoms with Crippen LogP contribution in [0, 0.1) is 5.92 Å². The van der Waals surface area contributed by atoms with Gasteiger partial charge in [-0.05, 0) is 25.3 Å². The first-order valence-electron chi connectivity index (χ1n) is 7.84. The number of ether oxygens (including phenoxy) is 2. The van der Waals surface area contributed by atoms with Crippen molar-refractivity contribution in [3.05, 3.63) is 35.9 Å². The number of piperidine rings is 1. The van der Waals surface area contributed by atoms with E-state index in [1.54, 1.807) is 4.90 Å². The summed E-state index contributed by atoms with van der Waals surface area (Å²) in [5, 5.41) is 9.43. The van der Waals surface area contributed by atoms with Crippen LogP contribution in [0.3, 0.4) is 0 Å². The number of fused-ring (bicyclic) bond motifs is 1. The van der Waals surface area contributed by atoms with Gasteiger partial charge < -0.3 is 19.5 Å². The largest absolute Gasteiger partial charge is 0.445 e. The summed E-state index contributed by atoms with van der Waals surface area (Å²) in [6, 6.07) is 9.68. The summed E-state index contributed by atoms with van der Waals surface area (Å²) < 4.78 is 11.3. The molecule has 120 valence electrons. The molecule has 22 heavy (non-hydrogen) atoms. The van der Waals surface area contributed by atoms with Crippen molar-refractivity contribution in [2.24, 2.45) is 5.92 Å². The van der Waals surface area contributed by atoms with E-state index in [4.69, 9.17) is 9.47 Å². The van der Waals surface area contributed by atoms with Gasteiger partial charge in [0.2, 0.25) is 0 Å². The van der Waals surface area contributed by atoms with Gasteiger partial charge in [0, 0.05) is 19.0 Å². The number of hydrogen-bond acceptors (Lipinski definition) is 4. The fourth-order valence-corrected chi connectivity index (χ4v) is 3.41. The second-order valence-corrected chi connectivity index (χ2v) is 6.50. The molecule has 0 aliphatic carbocycles. The minimum atomic E-state index is -0.459. The first-order chi connectivity index (χ1) is 10.6. The van der Waals surface area contributed by atoms with Crippen molar-refractivity contribution in [3.8, 4) is 0 Å². The lowest BCUT2D eigenvalue weighted by molar-refractivity contribution is -0.0734. The molecule has 0 radical (unpaired) electrons. The van der Waals surface area contributed by atoms with E-state index in [1.165, 1.54) is 0 Å². The smallest absolute Gasteiger partial charge is 0.410 e. The third kappa shape index (κ3) is 3.25. The number of nitrogens with zero attached hydrogens (tertiary/aromatic N) is 1. The molecule has 0 spiro atoms. The number of rotatable bonds is 3. The summed E-state index contributed by atoms with van der Waals surface area (Å²) in [6.07, 6.45) is 1.48. The molecule has 1 amide bonds. The van der Waals surface area contributed by atoms with Crippen LogP contribution >= 0.6 is 0 Å². The molecule has 0 aromatic heterocycles. The van der Waals surface area contributed by atoms with Crippen LogP contribution in [-0.4, -0.2) is 47.5 Å². The number of aliphatic hydroxyl groups excluding tert-OH is 1. The number of amides is 1. The van der Waals surface area contributed by atoms with E-state index in [-0.39, 0.29) is 24.7 Å². The lowest BCUT2D eigenvalue weighted by Gasteiger charge is -2.33. The third-order valence-corrected chi connectivity index (χ3v) is 4.59. The number of hydrogen-bond donors (Lipinski definition) is 1. The van der Waals surface area contributed by atoms with Crippen LogP contribution in [-0.2, 0) is 16.1 Å². The molecule has 3 rings (SSSR count). The molecule has 0 unspecified atom stereocenters. The molecule has 0 saturated carbocycles. The van der Waals surface area contributed by atoms with Crippen molar-refractivity contribution < 1.29 is 19.4 Å². The molecular formula is C17H23NO4. The molecule has 0 bridgehead atoms. The normalized spacial score (nSPS) is 30.9. The number of benzene rings is 1. The van der Waals surface area contributed by atoms with Crippen molar-refractivity contribution in [1.29, 1.82) is 0 Å². The molecular weight excluding hydrogens is 282 g/mol. The fourth-order valence-electron chi connectivity index (χ4n) is 3.41. The Hall–Kier alpha value is -1.59.